The highest BCUT2D eigenvalue weighted by molar-refractivity contribution is 5.96. The molecule has 0 atom stereocenters. The second-order valence-electron chi connectivity index (χ2n) is 7.04. The molecule has 28 heavy (non-hydrogen) atoms. The molecule has 4 nitrogen and oxygen atoms in total. The number of aromatic amines is 1. The molecule has 0 saturated heterocycles. The van der Waals surface area contributed by atoms with E-state index in [4.69, 9.17) is 15.2 Å². The molecule has 0 radical (unpaired) electrons. The van der Waals surface area contributed by atoms with Crippen molar-refractivity contribution < 1.29 is 9.47 Å². The number of nitrogens with two attached hydrogens (primary N) is 1. The van der Waals surface area contributed by atoms with Crippen molar-refractivity contribution in [2.75, 3.05) is 20.8 Å². The van der Waals surface area contributed by atoms with Crippen LogP contribution in [-0.4, -0.2) is 25.7 Å². The SMILES string of the molecule is COc1ccc2[nH]c(-c3cc4ccccc4cc3OC)c(CCCCN)c2c1. The van der Waals surface area contributed by atoms with Crippen molar-refractivity contribution in [1.29, 1.82) is 0 Å². The molecule has 4 aromatic rings. The van der Waals surface area contributed by atoms with Crippen molar-refractivity contribution in [2.45, 2.75) is 19.3 Å². The first kappa shape index (κ1) is 18.4. The summed E-state index contributed by atoms with van der Waals surface area (Å²) in [6.07, 6.45) is 3.00. The van der Waals surface area contributed by atoms with E-state index < -0.39 is 0 Å². The molecule has 0 fully saturated rings. The van der Waals surface area contributed by atoms with Crippen LogP contribution in [0.1, 0.15) is 18.4 Å². The number of methoxy groups -OCH3 is 2. The summed E-state index contributed by atoms with van der Waals surface area (Å²) in [6.45, 7) is 0.709. The Morgan fingerprint density at radius 2 is 1.68 bits per heavy atom. The third-order valence-electron chi connectivity index (χ3n) is 5.33. The summed E-state index contributed by atoms with van der Waals surface area (Å²) in [7, 11) is 3.43. The minimum absolute atomic E-state index is 0.709. The minimum Gasteiger partial charge on any atom is -0.497 e. The smallest absolute Gasteiger partial charge is 0.128 e. The highest BCUT2D eigenvalue weighted by atomic mass is 16.5. The van der Waals surface area contributed by atoms with E-state index in [2.05, 4.69) is 53.5 Å². The van der Waals surface area contributed by atoms with E-state index in [-0.39, 0.29) is 0 Å². The van der Waals surface area contributed by atoms with E-state index >= 15 is 0 Å². The van der Waals surface area contributed by atoms with Crippen LogP contribution in [0.15, 0.2) is 54.6 Å². The lowest BCUT2D eigenvalue weighted by Gasteiger charge is -2.12. The van der Waals surface area contributed by atoms with Crippen LogP contribution < -0.4 is 15.2 Å². The number of H-pyrrole nitrogens is 1. The zero-order valence-corrected chi connectivity index (χ0v) is 16.4. The van der Waals surface area contributed by atoms with Gasteiger partial charge in [0.2, 0.25) is 0 Å². The molecule has 1 aromatic heterocycles. The average molecular weight is 374 g/mol. The number of unbranched alkanes of at least 4 members (excludes halogenated alkanes) is 1. The minimum atomic E-state index is 0.709. The van der Waals surface area contributed by atoms with Gasteiger partial charge in [-0.1, -0.05) is 24.3 Å². The molecule has 0 unspecified atom stereocenters. The Balaban J connectivity index is 1.94. The largest absolute Gasteiger partial charge is 0.497 e. The van der Waals surface area contributed by atoms with Crippen LogP contribution in [0.5, 0.6) is 11.5 Å². The summed E-state index contributed by atoms with van der Waals surface area (Å²) >= 11 is 0. The van der Waals surface area contributed by atoms with E-state index in [1.807, 2.05) is 6.07 Å². The molecule has 0 aliphatic rings. The molecule has 4 heteroatoms. The standard InChI is InChI=1S/C24H26N2O2/c1-27-18-10-11-22-20(15-18)19(9-5-6-12-25)24(26-22)21-13-16-7-3-4-8-17(16)14-23(21)28-2/h3-4,7-8,10-11,13-15,26H,5-6,9,12,25H2,1-2H3. The highest BCUT2D eigenvalue weighted by Gasteiger charge is 2.17. The summed E-state index contributed by atoms with van der Waals surface area (Å²) in [5.74, 6) is 1.74. The highest BCUT2D eigenvalue weighted by Crippen LogP contribution is 2.39. The molecule has 3 aromatic carbocycles. The first-order chi connectivity index (χ1) is 13.7. The molecule has 4 rings (SSSR count). The fraction of sp³-hybridized carbons (Fsp3) is 0.250. The van der Waals surface area contributed by atoms with Gasteiger partial charge in [0.15, 0.2) is 0 Å². The number of aryl methyl sites for hydroxylation is 1. The first-order valence-corrected chi connectivity index (χ1v) is 9.71. The maximum Gasteiger partial charge on any atom is 0.128 e. The van der Waals surface area contributed by atoms with Crippen LogP contribution in [-0.2, 0) is 6.42 Å². The van der Waals surface area contributed by atoms with Crippen molar-refractivity contribution in [1.82, 2.24) is 4.98 Å². The van der Waals surface area contributed by atoms with Crippen molar-refractivity contribution in [3.05, 3.63) is 60.2 Å². The Bertz CT molecular complexity index is 1110. The second kappa shape index (κ2) is 7.95. The summed E-state index contributed by atoms with van der Waals surface area (Å²) in [5, 5.41) is 3.56. The number of hydrogen-bond donors (Lipinski definition) is 2. The fourth-order valence-electron chi connectivity index (χ4n) is 3.87. The third-order valence-corrected chi connectivity index (χ3v) is 5.33. The summed E-state index contributed by atoms with van der Waals surface area (Å²) in [5.41, 5.74) is 10.3. The van der Waals surface area contributed by atoms with Crippen LogP contribution in [0.4, 0.5) is 0 Å². The molecular weight excluding hydrogens is 348 g/mol. The Labute approximate surface area is 165 Å². The summed E-state index contributed by atoms with van der Waals surface area (Å²) < 4.78 is 11.2. The number of benzene rings is 3. The number of hydrogen-bond acceptors (Lipinski definition) is 3. The lowest BCUT2D eigenvalue weighted by atomic mass is 9.97. The van der Waals surface area contributed by atoms with Crippen LogP contribution in [0.25, 0.3) is 32.9 Å². The number of rotatable bonds is 7. The lowest BCUT2D eigenvalue weighted by Crippen LogP contribution is -1.99. The zero-order chi connectivity index (χ0) is 19.5. The first-order valence-electron chi connectivity index (χ1n) is 9.71. The lowest BCUT2D eigenvalue weighted by molar-refractivity contribution is 0.415. The van der Waals surface area contributed by atoms with Crippen molar-refractivity contribution >= 4 is 21.7 Å². The van der Waals surface area contributed by atoms with Crippen LogP contribution in [0.3, 0.4) is 0 Å². The maximum atomic E-state index is 5.76. The summed E-state index contributed by atoms with van der Waals surface area (Å²) in [6, 6.07) is 18.9. The molecule has 0 aliphatic carbocycles. The van der Waals surface area contributed by atoms with Gasteiger partial charge in [-0.15, -0.1) is 0 Å². The topological polar surface area (TPSA) is 60.3 Å². The van der Waals surface area contributed by atoms with Crippen molar-refractivity contribution in [3.8, 4) is 22.8 Å². The quantitative estimate of drug-likeness (QED) is 0.432. The van der Waals surface area contributed by atoms with Gasteiger partial charge in [-0.25, -0.2) is 0 Å². The molecule has 3 N–H and O–H groups in total. The number of aromatic nitrogens is 1. The Morgan fingerprint density at radius 3 is 2.39 bits per heavy atom. The average Bonchev–Trinajstić information content (AvgIpc) is 3.10. The van der Waals surface area contributed by atoms with Gasteiger partial charge in [-0.05, 0) is 72.5 Å². The van der Waals surface area contributed by atoms with Gasteiger partial charge in [0, 0.05) is 16.5 Å². The van der Waals surface area contributed by atoms with E-state index in [1.54, 1.807) is 14.2 Å². The molecular formula is C24H26N2O2. The predicted octanol–water partition coefficient (Wildman–Crippen LogP) is 5.29. The monoisotopic (exact) mass is 374 g/mol. The molecule has 0 spiro atoms. The van der Waals surface area contributed by atoms with Crippen molar-refractivity contribution in [3.63, 3.8) is 0 Å². The van der Waals surface area contributed by atoms with Gasteiger partial charge in [-0.3, -0.25) is 0 Å². The van der Waals surface area contributed by atoms with Gasteiger partial charge in [0.05, 0.1) is 19.9 Å². The van der Waals surface area contributed by atoms with E-state index in [0.717, 1.165) is 47.5 Å². The Morgan fingerprint density at radius 1 is 0.893 bits per heavy atom. The van der Waals surface area contributed by atoms with Gasteiger partial charge in [-0.2, -0.15) is 0 Å². The van der Waals surface area contributed by atoms with E-state index in [9.17, 15) is 0 Å². The second-order valence-corrected chi connectivity index (χ2v) is 7.04. The van der Waals surface area contributed by atoms with E-state index in [1.165, 1.54) is 21.7 Å². The number of fused-ring (bicyclic) bond motifs is 2. The van der Waals surface area contributed by atoms with E-state index in [0.29, 0.717) is 6.54 Å². The predicted molar refractivity (Wildman–Crippen MR) is 116 cm³/mol. The van der Waals surface area contributed by atoms with Gasteiger partial charge in [0.25, 0.3) is 0 Å². The maximum absolute atomic E-state index is 5.76. The molecule has 144 valence electrons. The molecule has 1 heterocycles. The summed E-state index contributed by atoms with van der Waals surface area (Å²) in [4.78, 5) is 3.63. The van der Waals surface area contributed by atoms with Gasteiger partial charge in [0.1, 0.15) is 11.5 Å². The fourth-order valence-corrected chi connectivity index (χ4v) is 3.87. The third kappa shape index (κ3) is 3.32. The van der Waals surface area contributed by atoms with Gasteiger partial charge < -0.3 is 20.2 Å². The molecule has 0 saturated carbocycles. The zero-order valence-electron chi connectivity index (χ0n) is 16.4. The Hall–Kier alpha value is -2.98. The molecule has 0 bridgehead atoms. The van der Waals surface area contributed by atoms with Crippen LogP contribution in [0.2, 0.25) is 0 Å². The molecule has 0 aliphatic heterocycles. The normalized spacial score (nSPS) is 11.2. The van der Waals surface area contributed by atoms with Crippen molar-refractivity contribution in [2.24, 2.45) is 5.73 Å². The molecule has 0 amide bonds. The van der Waals surface area contributed by atoms with Crippen LogP contribution in [0, 0.1) is 0 Å². The van der Waals surface area contributed by atoms with Crippen LogP contribution >= 0.6 is 0 Å². The number of nitrogens with one attached hydrogen (secondary N) is 1. The number of ether oxygens (including phenoxy) is 2. The Kier molecular flexibility index (Phi) is 5.22. The van der Waals surface area contributed by atoms with Gasteiger partial charge >= 0.3 is 0 Å².